The van der Waals surface area contributed by atoms with E-state index in [0.29, 0.717) is 17.7 Å². The van der Waals surface area contributed by atoms with E-state index in [9.17, 15) is 9.59 Å². The van der Waals surface area contributed by atoms with Gasteiger partial charge in [-0.3, -0.25) is 14.5 Å². The van der Waals surface area contributed by atoms with Crippen molar-refractivity contribution in [2.75, 3.05) is 5.75 Å². The molecule has 5 heteroatoms. The second-order valence-electron chi connectivity index (χ2n) is 5.05. The van der Waals surface area contributed by atoms with Crippen LogP contribution in [0.2, 0.25) is 0 Å². The molecule has 1 aliphatic rings. The van der Waals surface area contributed by atoms with Gasteiger partial charge in [0.1, 0.15) is 0 Å². The molecular weight excluding hydrogens is 314 g/mol. The first-order valence-electron chi connectivity index (χ1n) is 7.35. The normalized spacial score (nSPS) is 13.8. The molecule has 0 N–H and O–H groups in total. The number of carbonyl (C=O) groups excluding carboxylic acids is 2. The second kappa shape index (κ2) is 6.26. The Morgan fingerprint density at radius 2 is 1.73 bits per heavy atom. The van der Waals surface area contributed by atoms with Gasteiger partial charge in [-0.25, -0.2) is 0 Å². The minimum atomic E-state index is -0.183. The standard InChI is InChI=1S/C17H17NO2S2/c1-3-12-9-11(17(22-12)21-4-2)10-18-15(19)13-7-5-6-8-14(13)16(18)20/h5-9H,3-4,10H2,1-2H3. The first-order chi connectivity index (χ1) is 10.7. The van der Waals surface area contributed by atoms with E-state index in [4.69, 9.17) is 0 Å². The average Bonchev–Trinajstić information content (AvgIpc) is 3.03. The third-order valence-corrected chi connectivity index (χ3v) is 6.18. The summed E-state index contributed by atoms with van der Waals surface area (Å²) in [5.41, 5.74) is 2.12. The van der Waals surface area contributed by atoms with E-state index in [0.717, 1.165) is 17.7 Å². The zero-order valence-corrected chi connectivity index (χ0v) is 14.2. The van der Waals surface area contributed by atoms with E-state index in [1.54, 1.807) is 47.4 Å². The summed E-state index contributed by atoms with van der Waals surface area (Å²) in [6.07, 6.45) is 0.976. The molecule has 0 aliphatic carbocycles. The van der Waals surface area contributed by atoms with Gasteiger partial charge in [0.25, 0.3) is 11.8 Å². The third-order valence-electron chi connectivity index (χ3n) is 3.65. The lowest BCUT2D eigenvalue weighted by molar-refractivity contribution is 0.0641. The van der Waals surface area contributed by atoms with Crippen molar-refractivity contribution in [3.63, 3.8) is 0 Å². The Bertz CT molecular complexity index is 701. The van der Waals surface area contributed by atoms with Crippen LogP contribution in [0.1, 0.15) is 45.0 Å². The molecule has 3 rings (SSSR count). The van der Waals surface area contributed by atoms with Crippen LogP contribution in [0.4, 0.5) is 0 Å². The van der Waals surface area contributed by atoms with Crippen molar-refractivity contribution in [2.45, 2.75) is 31.0 Å². The van der Waals surface area contributed by atoms with Crippen LogP contribution in [0, 0.1) is 0 Å². The van der Waals surface area contributed by atoms with Gasteiger partial charge in [0.15, 0.2) is 0 Å². The zero-order chi connectivity index (χ0) is 15.7. The van der Waals surface area contributed by atoms with Crippen molar-refractivity contribution in [3.05, 3.63) is 51.9 Å². The molecule has 1 aliphatic heterocycles. The number of aryl methyl sites for hydroxylation is 1. The number of rotatable bonds is 5. The minimum Gasteiger partial charge on any atom is -0.270 e. The molecule has 2 aromatic rings. The fourth-order valence-electron chi connectivity index (χ4n) is 2.56. The lowest BCUT2D eigenvalue weighted by atomic mass is 10.1. The molecule has 0 atom stereocenters. The van der Waals surface area contributed by atoms with Crippen molar-refractivity contribution in [2.24, 2.45) is 0 Å². The molecular formula is C17H17NO2S2. The summed E-state index contributed by atoms with van der Waals surface area (Å²) in [6, 6.07) is 9.17. The first-order valence-corrected chi connectivity index (χ1v) is 9.15. The van der Waals surface area contributed by atoms with Crippen LogP contribution in [0.25, 0.3) is 0 Å². The Balaban J connectivity index is 1.90. The highest BCUT2D eigenvalue weighted by atomic mass is 32.2. The van der Waals surface area contributed by atoms with Gasteiger partial charge in [-0.15, -0.1) is 23.1 Å². The van der Waals surface area contributed by atoms with Crippen molar-refractivity contribution >= 4 is 34.9 Å². The molecule has 0 unspecified atom stereocenters. The Hall–Kier alpha value is -1.59. The molecule has 3 nitrogen and oxygen atoms in total. The summed E-state index contributed by atoms with van der Waals surface area (Å²) in [5.74, 6) is 0.619. The predicted octanol–water partition coefficient (Wildman–Crippen LogP) is 4.22. The Morgan fingerprint density at radius 3 is 2.27 bits per heavy atom. The fourth-order valence-corrected chi connectivity index (χ4v) is 4.88. The van der Waals surface area contributed by atoms with Gasteiger partial charge >= 0.3 is 0 Å². The van der Waals surface area contributed by atoms with E-state index in [2.05, 4.69) is 19.9 Å². The van der Waals surface area contributed by atoms with E-state index >= 15 is 0 Å². The predicted molar refractivity (Wildman–Crippen MR) is 90.7 cm³/mol. The van der Waals surface area contributed by atoms with Crippen LogP contribution in [-0.4, -0.2) is 22.5 Å². The molecule has 0 spiro atoms. The van der Waals surface area contributed by atoms with Gasteiger partial charge < -0.3 is 0 Å². The van der Waals surface area contributed by atoms with Crippen LogP contribution in [0.5, 0.6) is 0 Å². The first kappa shape index (κ1) is 15.3. The third kappa shape index (κ3) is 2.59. The number of carbonyl (C=O) groups is 2. The summed E-state index contributed by atoms with van der Waals surface area (Å²) < 4.78 is 1.22. The molecule has 0 saturated carbocycles. The molecule has 1 aromatic heterocycles. The van der Waals surface area contributed by atoms with E-state index < -0.39 is 0 Å². The van der Waals surface area contributed by atoms with E-state index in [1.807, 2.05) is 0 Å². The summed E-state index contributed by atoms with van der Waals surface area (Å²) in [5, 5.41) is 0. The number of imide groups is 1. The van der Waals surface area contributed by atoms with Crippen LogP contribution < -0.4 is 0 Å². The number of amides is 2. The number of thiophene rings is 1. The van der Waals surface area contributed by atoms with Gasteiger partial charge in [0, 0.05) is 4.88 Å². The molecule has 2 heterocycles. The Kier molecular flexibility index (Phi) is 4.36. The topological polar surface area (TPSA) is 37.4 Å². The highest BCUT2D eigenvalue weighted by Gasteiger charge is 2.35. The number of thioether (sulfide) groups is 1. The average molecular weight is 331 g/mol. The number of benzene rings is 1. The maximum absolute atomic E-state index is 12.5. The quantitative estimate of drug-likeness (QED) is 0.608. The Labute approximate surface area is 138 Å². The van der Waals surface area contributed by atoms with Crippen molar-refractivity contribution in [1.82, 2.24) is 4.90 Å². The second-order valence-corrected chi connectivity index (χ2v) is 7.72. The fraction of sp³-hybridized carbons (Fsp3) is 0.294. The molecule has 22 heavy (non-hydrogen) atoms. The SMILES string of the molecule is CCSc1sc(CC)cc1CN1C(=O)c2ccccc2C1=O. The van der Waals surface area contributed by atoms with E-state index in [1.165, 1.54) is 14.0 Å². The van der Waals surface area contributed by atoms with Crippen molar-refractivity contribution < 1.29 is 9.59 Å². The highest BCUT2D eigenvalue weighted by molar-refractivity contribution is 8.01. The van der Waals surface area contributed by atoms with Gasteiger partial charge in [-0.05, 0) is 35.9 Å². The smallest absolute Gasteiger partial charge is 0.261 e. The molecule has 0 radical (unpaired) electrons. The largest absolute Gasteiger partial charge is 0.270 e. The van der Waals surface area contributed by atoms with Gasteiger partial charge in [0.05, 0.1) is 21.9 Å². The molecule has 0 bridgehead atoms. The maximum atomic E-state index is 12.5. The molecule has 114 valence electrons. The summed E-state index contributed by atoms with van der Waals surface area (Å²) in [6.45, 7) is 4.60. The van der Waals surface area contributed by atoms with Crippen LogP contribution in [-0.2, 0) is 13.0 Å². The van der Waals surface area contributed by atoms with E-state index in [-0.39, 0.29) is 11.8 Å². The van der Waals surface area contributed by atoms with Gasteiger partial charge in [0.2, 0.25) is 0 Å². The van der Waals surface area contributed by atoms with Crippen molar-refractivity contribution in [3.8, 4) is 0 Å². The number of fused-ring (bicyclic) bond motifs is 1. The van der Waals surface area contributed by atoms with Crippen molar-refractivity contribution in [1.29, 1.82) is 0 Å². The molecule has 0 fully saturated rings. The molecule has 1 aromatic carbocycles. The Morgan fingerprint density at radius 1 is 1.09 bits per heavy atom. The lowest BCUT2D eigenvalue weighted by Crippen LogP contribution is -2.29. The maximum Gasteiger partial charge on any atom is 0.261 e. The zero-order valence-electron chi connectivity index (χ0n) is 12.6. The number of hydrogen-bond acceptors (Lipinski definition) is 4. The molecule has 2 amide bonds. The van der Waals surface area contributed by atoms with Crippen LogP contribution >= 0.6 is 23.1 Å². The summed E-state index contributed by atoms with van der Waals surface area (Å²) in [4.78, 5) is 27.6. The van der Waals surface area contributed by atoms with Gasteiger partial charge in [-0.1, -0.05) is 26.0 Å². The summed E-state index contributed by atoms with van der Waals surface area (Å²) in [7, 11) is 0. The monoisotopic (exact) mass is 331 g/mol. The molecule has 0 saturated heterocycles. The number of nitrogens with zero attached hydrogens (tertiary/aromatic N) is 1. The minimum absolute atomic E-state index is 0.183. The van der Waals surface area contributed by atoms with Gasteiger partial charge in [-0.2, -0.15) is 0 Å². The lowest BCUT2D eigenvalue weighted by Gasteiger charge is -2.13. The summed E-state index contributed by atoms with van der Waals surface area (Å²) >= 11 is 3.54. The highest BCUT2D eigenvalue weighted by Crippen LogP contribution is 2.34. The number of hydrogen-bond donors (Lipinski definition) is 0. The van der Waals surface area contributed by atoms with Crippen LogP contribution in [0.3, 0.4) is 0 Å². The van der Waals surface area contributed by atoms with Crippen LogP contribution in [0.15, 0.2) is 34.5 Å².